The maximum absolute atomic E-state index is 12.4. The van der Waals surface area contributed by atoms with E-state index in [2.05, 4.69) is 6.92 Å². The number of unbranched alkanes of at least 4 members (excludes halogenated alkanes) is 1. The van der Waals surface area contributed by atoms with Gasteiger partial charge < -0.3 is 10.5 Å². The first kappa shape index (κ1) is 14.9. The molecule has 0 aliphatic rings. The highest BCUT2D eigenvalue weighted by molar-refractivity contribution is 5.96. The molecule has 0 aliphatic heterocycles. The highest BCUT2D eigenvalue weighted by atomic mass is 16.6. The monoisotopic (exact) mass is 284 g/mol. The molecule has 2 N–H and O–H groups in total. The molecule has 0 saturated heterocycles. The van der Waals surface area contributed by atoms with Gasteiger partial charge in [0.25, 0.3) is 0 Å². The molecule has 0 heterocycles. The molecule has 4 heteroatoms. The zero-order chi connectivity index (χ0) is 15.1. The second kappa shape index (κ2) is 7.33. The first-order valence-corrected chi connectivity index (χ1v) is 7.10. The zero-order valence-corrected chi connectivity index (χ0v) is 12.2. The van der Waals surface area contributed by atoms with E-state index in [9.17, 15) is 4.79 Å². The van der Waals surface area contributed by atoms with Crippen molar-refractivity contribution < 1.29 is 9.53 Å². The standard InChI is InChI=1S/C17H20N2O2/c1-2-3-13-21-17(20)19(15-7-5-4-6-8-15)16-11-9-14(18)10-12-16/h4-12H,2-3,13,18H2,1H3. The molecule has 21 heavy (non-hydrogen) atoms. The van der Waals surface area contributed by atoms with Gasteiger partial charge in [-0.15, -0.1) is 0 Å². The minimum atomic E-state index is -0.376. The average molecular weight is 284 g/mol. The zero-order valence-electron chi connectivity index (χ0n) is 12.2. The molecular weight excluding hydrogens is 264 g/mol. The van der Waals surface area contributed by atoms with Crippen LogP contribution in [0, 0.1) is 0 Å². The van der Waals surface area contributed by atoms with E-state index in [4.69, 9.17) is 10.5 Å². The Morgan fingerprint density at radius 3 is 2.29 bits per heavy atom. The minimum Gasteiger partial charge on any atom is -0.449 e. The van der Waals surface area contributed by atoms with Crippen LogP contribution >= 0.6 is 0 Å². The summed E-state index contributed by atoms with van der Waals surface area (Å²) in [5, 5.41) is 0. The summed E-state index contributed by atoms with van der Waals surface area (Å²) in [4.78, 5) is 13.9. The third-order valence-corrected chi connectivity index (χ3v) is 3.07. The van der Waals surface area contributed by atoms with Crippen molar-refractivity contribution in [2.24, 2.45) is 0 Å². The van der Waals surface area contributed by atoms with Crippen LogP contribution < -0.4 is 10.6 Å². The van der Waals surface area contributed by atoms with Crippen molar-refractivity contribution in [3.63, 3.8) is 0 Å². The van der Waals surface area contributed by atoms with Gasteiger partial charge in [0.1, 0.15) is 0 Å². The Morgan fingerprint density at radius 1 is 1.05 bits per heavy atom. The Hall–Kier alpha value is -2.49. The molecule has 0 aliphatic carbocycles. The lowest BCUT2D eigenvalue weighted by Gasteiger charge is -2.22. The second-order valence-corrected chi connectivity index (χ2v) is 4.73. The smallest absolute Gasteiger partial charge is 0.418 e. The Kier molecular flexibility index (Phi) is 5.21. The molecule has 0 fully saturated rings. The summed E-state index contributed by atoms with van der Waals surface area (Å²) < 4.78 is 5.34. The number of hydrogen-bond donors (Lipinski definition) is 1. The first-order valence-electron chi connectivity index (χ1n) is 7.10. The van der Waals surface area contributed by atoms with Gasteiger partial charge in [-0.25, -0.2) is 9.69 Å². The second-order valence-electron chi connectivity index (χ2n) is 4.73. The SMILES string of the molecule is CCCCOC(=O)N(c1ccccc1)c1ccc(N)cc1. The summed E-state index contributed by atoms with van der Waals surface area (Å²) in [6.45, 7) is 2.48. The summed E-state index contributed by atoms with van der Waals surface area (Å²) in [5.74, 6) is 0. The van der Waals surface area contributed by atoms with Crippen molar-refractivity contribution in [3.05, 3.63) is 54.6 Å². The summed E-state index contributed by atoms with van der Waals surface area (Å²) in [5.41, 5.74) is 7.86. The highest BCUT2D eigenvalue weighted by Crippen LogP contribution is 2.26. The fourth-order valence-electron chi connectivity index (χ4n) is 1.93. The molecule has 1 amide bonds. The molecule has 0 saturated carbocycles. The number of rotatable bonds is 5. The highest BCUT2D eigenvalue weighted by Gasteiger charge is 2.19. The fourth-order valence-corrected chi connectivity index (χ4v) is 1.93. The first-order chi connectivity index (χ1) is 10.2. The number of amides is 1. The Morgan fingerprint density at radius 2 is 1.67 bits per heavy atom. The van der Waals surface area contributed by atoms with Gasteiger partial charge in [0.05, 0.1) is 18.0 Å². The van der Waals surface area contributed by atoms with E-state index in [1.54, 1.807) is 17.0 Å². The van der Waals surface area contributed by atoms with Crippen molar-refractivity contribution in [1.29, 1.82) is 0 Å². The summed E-state index contributed by atoms with van der Waals surface area (Å²) in [6, 6.07) is 16.6. The Balaban J connectivity index is 2.26. The topological polar surface area (TPSA) is 55.6 Å². The number of nitrogen functional groups attached to an aromatic ring is 1. The number of carbonyl (C=O) groups is 1. The maximum Gasteiger partial charge on any atom is 0.418 e. The number of carbonyl (C=O) groups excluding carboxylic acids is 1. The molecule has 0 bridgehead atoms. The average Bonchev–Trinajstić information content (AvgIpc) is 2.51. The van der Waals surface area contributed by atoms with Gasteiger partial charge in [0, 0.05) is 5.69 Å². The van der Waals surface area contributed by atoms with Gasteiger partial charge in [-0.3, -0.25) is 0 Å². The molecule has 0 aromatic heterocycles. The summed E-state index contributed by atoms with van der Waals surface area (Å²) in [7, 11) is 0. The molecule has 2 aromatic rings. The van der Waals surface area contributed by atoms with Crippen LogP contribution in [0.25, 0.3) is 0 Å². The third kappa shape index (κ3) is 3.99. The number of nitrogens with two attached hydrogens (primary N) is 1. The van der Waals surface area contributed by atoms with E-state index in [1.807, 2.05) is 42.5 Å². The molecule has 0 atom stereocenters. The molecule has 110 valence electrons. The van der Waals surface area contributed by atoms with Crippen molar-refractivity contribution in [3.8, 4) is 0 Å². The lowest BCUT2D eigenvalue weighted by molar-refractivity contribution is 0.155. The Bertz CT molecular complexity index is 567. The van der Waals surface area contributed by atoms with E-state index in [1.165, 1.54) is 0 Å². The minimum absolute atomic E-state index is 0.376. The number of ether oxygens (including phenoxy) is 1. The van der Waals surface area contributed by atoms with E-state index in [0.717, 1.165) is 24.2 Å². The van der Waals surface area contributed by atoms with Crippen LogP contribution in [0.2, 0.25) is 0 Å². The number of nitrogens with zero attached hydrogens (tertiary/aromatic N) is 1. The van der Waals surface area contributed by atoms with Crippen LogP contribution in [0.15, 0.2) is 54.6 Å². The van der Waals surface area contributed by atoms with Gasteiger partial charge in [-0.2, -0.15) is 0 Å². The van der Waals surface area contributed by atoms with Gasteiger partial charge in [-0.05, 0) is 42.8 Å². The number of para-hydroxylation sites is 1. The van der Waals surface area contributed by atoms with Gasteiger partial charge in [0.15, 0.2) is 0 Å². The van der Waals surface area contributed by atoms with Crippen LogP contribution in [-0.2, 0) is 4.74 Å². The molecule has 4 nitrogen and oxygen atoms in total. The largest absolute Gasteiger partial charge is 0.449 e. The Labute approximate surface area is 125 Å². The molecule has 0 radical (unpaired) electrons. The predicted octanol–water partition coefficient (Wildman–Crippen LogP) is 4.34. The maximum atomic E-state index is 12.4. The predicted molar refractivity (Wildman–Crippen MR) is 85.7 cm³/mol. The molecule has 0 unspecified atom stereocenters. The van der Waals surface area contributed by atoms with Crippen LogP contribution in [0.4, 0.5) is 21.9 Å². The van der Waals surface area contributed by atoms with Crippen molar-refractivity contribution >= 4 is 23.2 Å². The van der Waals surface area contributed by atoms with Crippen molar-refractivity contribution in [2.75, 3.05) is 17.2 Å². The van der Waals surface area contributed by atoms with Crippen LogP contribution in [0.5, 0.6) is 0 Å². The van der Waals surface area contributed by atoms with E-state index < -0.39 is 0 Å². The van der Waals surface area contributed by atoms with E-state index in [0.29, 0.717) is 12.3 Å². The number of anilines is 3. The quantitative estimate of drug-likeness (QED) is 0.656. The molecule has 0 spiro atoms. The lowest BCUT2D eigenvalue weighted by Crippen LogP contribution is -2.27. The third-order valence-electron chi connectivity index (χ3n) is 3.07. The normalized spacial score (nSPS) is 10.1. The van der Waals surface area contributed by atoms with Crippen LogP contribution in [-0.4, -0.2) is 12.7 Å². The molecular formula is C17H20N2O2. The van der Waals surface area contributed by atoms with Crippen LogP contribution in [0.1, 0.15) is 19.8 Å². The van der Waals surface area contributed by atoms with Gasteiger partial charge >= 0.3 is 6.09 Å². The number of benzene rings is 2. The van der Waals surface area contributed by atoms with Crippen molar-refractivity contribution in [1.82, 2.24) is 0 Å². The summed E-state index contributed by atoms with van der Waals surface area (Å²) >= 11 is 0. The van der Waals surface area contributed by atoms with E-state index >= 15 is 0 Å². The lowest BCUT2D eigenvalue weighted by atomic mass is 10.2. The van der Waals surface area contributed by atoms with Gasteiger partial charge in [-0.1, -0.05) is 31.5 Å². The van der Waals surface area contributed by atoms with E-state index in [-0.39, 0.29) is 6.09 Å². The molecule has 2 rings (SSSR count). The summed E-state index contributed by atoms with van der Waals surface area (Å²) in [6.07, 6.45) is 1.47. The molecule has 2 aromatic carbocycles. The fraction of sp³-hybridized carbons (Fsp3) is 0.235. The number of hydrogen-bond acceptors (Lipinski definition) is 3. The van der Waals surface area contributed by atoms with Crippen LogP contribution in [0.3, 0.4) is 0 Å². The van der Waals surface area contributed by atoms with Gasteiger partial charge in [0.2, 0.25) is 0 Å². The van der Waals surface area contributed by atoms with Crippen molar-refractivity contribution in [2.45, 2.75) is 19.8 Å².